The first-order valence-electron chi connectivity index (χ1n) is 14.8. The Morgan fingerprint density at radius 3 is 2.82 bits per heavy atom. The molecule has 2 aliphatic rings. The SMILES string of the molecule is Cc1c(Nc2nccc3cc(CN4CCC(C)(O)C4)cnc23)cccc1C1N=CC=CC1(Cl)c1nc2cc(CO)cc(Cl)c2o1. The summed E-state index contributed by atoms with van der Waals surface area (Å²) in [6, 6.07) is 12.9. The number of allylic oxidation sites excluding steroid dienone is 1. The summed E-state index contributed by atoms with van der Waals surface area (Å²) in [7, 11) is 0. The molecule has 1 fully saturated rings. The smallest absolute Gasteiger partial charge is 0.223 e. The molecule has 2 aromatic carbocycles. The number of aliphatic imine (C=N–C) groups is 1. The van der Waals surface area contributed by atoms with Crippen LogP contribution in [0.4, 0.5) is 11.5 Å². The van der Waals surface area contributed by atoms with E-state index in [0.29, 0.717) is 34.0 Å². The number of aliphatic hydroxyl groups excluding tert-OH is 1. The summed E-state index contributed by atoms with van der Waals surface area (Å²) < 4.78 is 6.14. The van der Waals surface area contributed by atoms with E-state index in [9.17, 15) is 10.2 Å². The zero-order valence-electron chi connectivity index (χ0n) is 24.8. The molecule has 3 aromatic heterocycles. The van der Waals surface area contributed by atoms with E-state index in [4.69, 9.17) is 37.6 Å². The molecular weight excluding hydrogens is 611 g/mol. The van der Waals surface area contributed by atoms with Gasteiger partial charge in [-0.05, 0) is 78.9 Å². The molecule has 9 nitrogen and oxygen atoms in total. The maximum atomic E-state index is 10.3. The minimum Gasteiger partial charge on any atom is -0.437 e. The van der Waals surface area contributed by atoms with E-state index >= 15 is 0 Å². The zero-order valence-corrected chi connectivity index (χ0v) is 26.3. The van der Waals surface area contributed by atoms with E-state index in [2.05, 4.69) is 26.3 Å². The Morgan fingerprint density at radius 1 is 1.16 bits per heavy atom. The molecular formula is C34H32Cl2N6O3. The molecule has 7 rings (SSSR count). The molecule has 3 N–H and O–H groups in total. The molecule has 0 spiro atoms. The second-order valence-corrected chi connectivity index (χ2v) is 13.1. The van der Waals surface area contributed by atoms with Gasteiger partial charge in [-0.3, -0.25) is 14.9 Å². The van der Waals surface area contributed by atoms with Gasteiger partial charge in [0.15, 0.2) is 16.3 Å². The number of hydrogen-bond donors (Lipinski definition) is 3. The lowest BCUT2D eigenvalue weighted by Gasteiger charge is -2.31. The van der Waals surface area contributed by atoms with Gasteiger partial charge < -0.3 is 19.9 Å². The molecule has 0 radical (unpaired) electrons. The van der Waals surface area contributed by atoms with Crippen LogP contribution in [0.3, 0.4) is 0 Å². The van der Waals surface area contributed by atoms with Crippen LogP contribution in [0.15, 0.2) is 76.4 Å². The normalized spacial score (nSPS) is 23.4. The molecule has 45 heavy (non-hydrogen) atoms. The van der Waals surface area contributed by atoms with E-state index < -0.39 is 16.5 Å². The third-order valence-electron chi connectivity index (χ3n) is 8.59. The summed E-state index contributed by atoms with van der Waals surface area (Å²) >= 11 is 13.8. The largest absolute Gasteiger partial charge is 0.437 e. The van der Waals surface area contributed by atoms with Crippen LogP contribution < -0.4 is 5.32 Å². The lowest BCUT2D eigenvalue weighted by molar-refractivity contribution is 0.0679. The van der Waals surface area contributed by atoms with Gasteiger partial charge in [-0.1, -0.05) is 29.8 Å². The number of aromatic nitrogens is 3. The Balaban J connectivity index is 1.19. The number of fused-ring (bicyclic) bond motifs is 2. The highest BCUT2D eigenvalue weighted by atomic mass is 35.5. The number of anilines is 2. The van der Waals surface area contributed by atoms with E-state index in [0.717, 1.165) is 52.8 Å². The van der Waals surface area contributed by atoms with Gasteiger partial charge in [0.1, 0.15) is 17.1 Å². The summed E-state index contributed by atoms with van der Waals surface area (Å²) in [4.78, 5) is 19.9. The predicted molar refractivity (Wildman–Crippen MR) is 177 cm³/mol. The van der Waals surface area contributed by atoms with Gasteiger partial charge in [0, 0.05) is 49.3 Å². The number of nitrogens with zero attached hydrogens (tertiary/aromatic N) is 5. The first kappa shape index (κ1) is 29.8. The van der Waals surface area contributed by atoms with E-state index in [1.165, 1.54) is 0 Å². The van der Waals surface area contributed by atoms with Crippen molar-refractivity contribution >= 4 is 62.9 Å². The van der Waals surface area contributed by atoms with Gasteiger partial charge in [-0.15, -0.1) is 11.6 Å². The second-order valence-electron chi connectivity index (χ2n) is 12.1. The van der Waals surface area contributed by atoms with Crippen LogP contribution in [-0.4, -0.2) is 55.0 Å². The van der Waals surface area contributed by atoms with Crippen molar-refractivity contribution in [3.8, 4) is 0 Å². The topological polar surface area (TPSA) is 120 Å². The van der Waals surface area contributed by atoms with Crippen molar-refractivity contribution in [2.45, 2.75) is 49.9 Å². The predicted octanol–water partition coefficient (Wildman–Crippen LogP) is 6.74. The van der Waals surface area contributed by atoms with Gasteiger partial charge in [-0.2, -0.15) is 0 Å². The van der Waals surface area contributed by atoms with E-state index in [-0.39, 0.29) is 12.5 Å². The lowest BCUT2D eigenvalue weighted by Crippen LogP contribution is -2.29. The Kier molecular flexibility index (Phi) is 7.62. The highest BCUT2D eigenvalue weighted by Gasteiger charge is 2.44. The molecule has 3 unspecified atom stereocenters. The fraction of sp³-hybridized carbons (Fsp3) is 0.294. The molecule has 230 valence electrons. The van der Waals surface area contributed by atoms with Crippen molar-refractivity contribution in [1.82, 2.24) is 19.9 Å². The molecule has 0 amide bonds. The zero-order chi connectivity index (χ0) is 31.3. The number of rotatable bonds is 7. The summed E-state index contributed by atoms with van der Waals surface area (Å²) in [5, 5.41) is 24.8. The van der Waals surface area contributed by atoms with Crippen LogP contribution in [0, 0.1) is 6.92 Å². The maximum absolute atomic E-state index is 10.3. The molecule has 5 aromatic rings. The number of nitrogens with one attached hydrogen (secondary N) is 1. The first-order valence-corrected chi connectivity index (χ1v) is 15.5. The summed E-state index contributed by atoms with van der Waals surface area (Å²) in [5.41, 5.74) is 5.43. The standard InChI is InChI=1S/C34H32Cl2N6O3/c1-20-24(30-34(36,8-4-10-37-30)32-41-27-15-21(18-43)14-25(35)29(27)45-32)5-3-6-26(20)40-31-28-23(7-11-38-31)13-22(16-39-28)17-42-12-9-33(2,44)19-42/h3-8,10-11,13-16,30,43-44H,9,12,17-19H2,1-2H3,(H,38,40). The highest BCUT2D eigenvalue weighted by molar-refractivity contribution is 6.34. The van der Waals surface area contributed by atoms with Crippen molar-refractivity contribution in [2.75, 3.05) is 18.4 Å². The highest BCUT2D eigenvalue weighted by Crippen LogP contribution is 2.49. The molecule has 5 heterocycles. The van der Waals surface area contributed by atoms with Crippen molar-refractivity contribution in [3.05, 3.63) is 100 Å². The third kappa shape index (κ3) is 5.60. The molecule has 3 atom stereocenters. The lowest BCUT2D eigenvalue weighted by atomic mass is 9.87. The summed E-state index contributed by atoms with van der Waals surface area (Å²) in [6.45, 7) is 5.98. The minimum absolute atomic E-state index is 0.166. The minimum atomic E-state index is -1.22. The Labute approximate surface area is 270 Å². The number of benzene rings is 2. The van der Waals surface area contributed by atoms with Crippen LogP contribution >= 0.6 is 23.2 Å². The number of oxazole rings is 1. The van der Waals surface area contributed by atoms with Gasteiger partial charge in [-0.25, -0.2) is 9.97 Å². The van der Waals surface area contributed by atoms with Gasteiger partial charge in [0.05, 0.1) is 17.2 Å². The Hall–Kier alpha value is -3.86. The average Bonchev–Trinajstić information content (AvgIpc) is 3.62. The number of halogens is 2. The Bertz CT molecular complexity index is 1990. The fourth-order valence-corrected chi connectivity index (χ4v) is 6.85. The van der Waals surface area contributed by atoms with E-state index in [1.807, 2.05) is 50.4 Å². The number of pyridine rings is 2. The van der Waals surface area contributed by atoms with Crippen molar-refractivity contribution in [2.24, 2.45) is 4.99 Å². The van der Waals surface area contributed by atoms with Gasteiger partial charge >= 0.3 is 0 Å². The van der Waals surface area contributed by atoms with Crippen LogP contribution in [0.1, 0.15) is 47.5 Å². The average molecular weight is 644 g/mol. The van der Waals surface area contributed by atoms with Gasteiger partial charge in [0.2, 0.25) is 5.89 Å². The number of dihydropyridines is 1. The number of hydrogen-bond acceptors (Lipinski definition) is 9. The number of aliphatic hydroxyl groups is 2. The number of alkyl halides is 1. The van der Waals surface area contributed by atoms with Crippen molar-refractivity contribution in [1.29, 1.82) is 0 Å². The first-order chi connectivity index (χ1) is 21.6. The third-order valence-corrected chi connectivity index (χ3v) is 9.36. The maximum Gasteiger partial charge on any atom is 0.223 e. The molecule has 0 aliphatic carbocycles. The van der Waals surface area contributed by atoms with E-state index in [1.54, 1.807) is 30.6 Å². The van der Waals surface area contributed by atoms with Crippen molar-refractivity contribution < 1.29 is 14.6 Å². The summed E-state index contributed by atoms with van der Waals surface area (Å²) in [6.07, 6.45) is 9.76. The van der Waals surface area contributed by atoms with Crippen LogP contribution in [0.2, 0.25) is 5.02 Å². The van der Waals surface area contributed by atoms with Gasteiger partial charge in [0.25, 0.3) is 0 Å². The number of likely N-dealkylation sites (tertiary alicyclic amines) is 1. The molecule has 11 heteroatoms. The monoisotopic (exact) mass is 642 g/mol. The molecule has 0 saturated carbocycles. The second kappa shape index (κ2) is 11.5. The fourth-order valence-electron chi connectivity index (χ4n) is 6.24. The summed E-state index contributed by atoms with van der Waals surface area (Å²) in [5.74, 6) is 0.904. The van der Waals surface area contributed by atoms with Crippen LogP contribution in [-0.2, 0) is 18.0 Å². The molecule has 2 aliphatic heterocycles. The van der Waals surface area contributed by atoms with Crippen LogP contribution in [0.25, 0.3) is 22.0 Å². The Morgan fingerprint density at radius 2 is 2.02 bits per heavy atom. The van der Waals surface area contributed by atoms with Crippen LogP contribution in [0.5, 0.6) is 0 Å². The molecule has 0 bridgehead atoms. The number of β-amino-alcohol motifs (C(OH)–C–C–N with tert-alkyl or cyclic N) is 1. The quantitative estimate of drug-likeness (QED) is 0.167. The molecule has 1 saturated heterocycles. The van der Waals surface area contributed by atoms with Crippen molar-refractivity contribution in [3.63, 3.8) is 0 Å².